The predicted molar refractivity (Wildman–Crippen MR) is 84.3 cm³/mol. The van der Waals surface area contributed by atoms with E-state index in [1.54, 1.807) is 0 Å². The fourth-order valence-electron chi connectivity index (χ4n) is 1.82. The van der Waals surface area contributed by atoms with E-state index in [1.165, 1.54) is 25.7 Å². The summed E-state index contributed by atoms with van der Waals surface area (Å²) in [5.74, 6) is -0.945. The minimum atomic E-state index is -0.945. The monoisotopic (exact) mass is 316 g/mol. The zero-order valence-corrected chi connectivity index (χ0v) is 17.0. The normalized spacial score (nSPS) is 11.5. The molecule has 114 valence electrons. The Morgan fingerprint density at radius 2 is 1.29 bits per heavy atom. The molecule has 0 aromatic heterocycles. The molecule has 0 atom stereocenters. The third kappa shape index (κ3) is 22.7. The van der Waals surface area contributed by atoms with Gasteiger partial charge in [-0.2, -0.15) is 0 Å². The van der Waals surface area contributed by atoms with Crippen LogP contribution in [0.15, 0.2) is 36.5 Å². The van der Waals surface area contributed by atoms with E-state index >= 15 is 0 Å². The van der Waals surface area contributed by atoms with Gasteiger partial charge in [-0.05, 0) is 51.4 Å². The summed E-state index contributed by atoms with van der Waals surface area (Å²) in [6, 6.07) is 0. The minimum Gasteiger partial charge on any atom is -0.550 e. The topological polar surface area (TPSA) is 40.1 Å². The minimum absolute atomic E-state index is 0. The van der Waals surface area contributed by atoms with Crippen LogP contribution in [0.5, 0.6) is 0 Å². The zero-order valence-electron chi connectivity index (χ0n) is 13.9. The summed E-state index contributed by atoms with van der Waals surface area (Å²) in [6.45, 7) is 2.23. The van der Waals surface area contributed by atoms with Crippen molar-refractivity contribution < 1.29 is 61.3 Å². The van der Waals surface area contributed by atoms with Crippen molar-refractivity contribution >= 4 is 5.97 Å². The predicted octanol–water partition coefficient (Wildman–Crippen LogP) is 1.33. The zero-order chi connectivity index (χ0) is 14.9. The molecule has 0 saturated carbocycles. The van der Waals surface area contributed by atoms with E-state index < -0.39 is 5.97 Å². The van der Waals surface area contributed by atoms with Crippen LogP contribution in [-0.2, 0) is 4.79 Å². The number of carboxylic acid groups (broad SMARTS) is 1. The van der Waals surface area contributed by atoms with Crippen molar-refractivity contribution in [3.63, 3.8) is 0 Å². The van der Waals surface area contributed by atoms with E-state index in [0.29, 0.717) is 6.42 Å². The Hall–Kier alpha value is 0.326. The van der Waals surface area contributed by atoms with Crippen LogP contribution in [0.4, 0.5) is 0 Å². The molecule has 0 rings (SSSR count). The summed E-state index contributed by atoms with van der Waals surface area (Å²) in [5.41, 5.74) is 0. The van der Waals surface area contributed by atoms with Gasteiger partial charge in [-0.3, -0.25) is 0 Å². The van der Waals surface area contributed by atoms with Crippen molar-refractivity contribution in [3.8, 4) is 0 Å². The second-order valence-corrected chi connectivity index (χ2v) is 5.00. The molecule has 0 heterocycles. The molecule has 0 unspecified atom stereocenters. The van der Waals surface area contributed by atoms with Crippen LogP contribution in [0.1, 0.15) is 71.1 Å². The van der Waals surface area contributed by atoms with Crippen LogP contribution >= 0.6 is 0 Å². The molecule has 0 aromatic rings. The van der Waals surface area contributed by atoms with E-state index in [1.807, 2.05) is 0 Å². The Morgan fingerprint density at radius 3 is 1.76 bits per heavy atom. The van der Waals surface area contributed by atoms with Crippen molar-refractivity contribution in [1.29, 1.82) is 0 Å². The number of hydrogen-bond donors (Lipinski definition) is 0. The number of rotatable bonds is 13. The Bertz CT molecular complexity index is 306. The van der Waals surface area contributed by atoms with Gasteiger partial charge in [0.1, 0.15) is 0 Å². The average Bonchev–Trinajstić information content (AvgIpc) is 2.43. The molecule has 0 saturated heterocycles. The maximum absolute atomic E-state index is 10.2. The molecular formula is C18H29KO2. The molecule has 0 spiro atoms. The van der Waals surface area contributed by atoms with E-state index in [2.05, 4.69) is 43.4 Å². The summed E-state index contributed by atoms with van der Waals surface area (Å²) < 4.78 is 0. The van der Waals surface area contributed by atoms with Gasteiger partial charge in [-0.25, -0.2) is 0 Å². The van der Waals surface area contributed by atoms with Gasteiger partial charge in [0.25, 0.3) is 0 Å². The smallest absolute Gasteiger partial charge is 0.550 e. The summed E-state index contributed by atoms with van der Waals surface area (Å²) in [6.07, 6.45) is 23.0. The van der Waals surface area contributed by atoms with E-state index in [9.17, 15) is 9.90 Å². The van der Waals surface area contributed by atoms with Gasteiger partial charge < -0.3 is 9.90 Å². The molecule has 0 aliphatic heterocycles. The summed E-state index contributed by atoms with van der Waals surface area (Å²) >= 11 is 0. The van der Waals surface area contributed by atoms with Gasteiger partial charge in [-0.15, -0.1) is 0 Å². The van der Waals surface area contributed by atoms with Crippen LogP contribution in [0.3, 0.4) is 0 Å². The maximum atomic E-state index is 10.2. The number of unbranched alkanes of at least 4 members (excludes halogenated alkanes) is 5. The fraction of sp³-hybridized carbons (Fsp3) is 0.611. The fourth-order valence-corrected chi connectivity index (χ4v) is 1.82. The van der Waals surface area contributed by atoms with Gasteiger partial charge in [-0.1, -0.05) is 56.2 Å². The van der Waals surface area contributed by atoms with Gasteiger partial charge in [0.2, 0.25) is 0 Å². The van der Waals surface area contributed by atoms with Crippen molar-refractivity contribution in [2.24, 2.45) is 0 Å². The van der Waals surface area contributed by atoms with Crippen molar-refractivity contribution in [2.75, 3.05) is 0 Å². The number of carbonyl (C=O) groups is 1. The van der Waals surface area contributed by atoms with Gasteiger partial charge in [0, 0.05) is 5.97 Å². The second kappa shape index (κ2) is 20.3. The molecule has 0 bridgehead atoms. The van der Waals surface area contributed by atoms with Gasteiger partial charge >= 0.3 is 51.4 Å². The molecule has 0 N–H and O–H groups in total. The summed E-state index contributed by atoms with van der Waals surface area (Å²) in [5, 5.41) is 10.2. The number of hydrogen-bond acceptors (Lipinski definition) is 2. The Balaban J connectivity index is 0. The quantitative estimate of drug-likeness (QED) is 0.292. The van der Waals surface area contributed by atoms with E-state index in [4.69, 9.17) is 0 Å². The van der Waals surface area contributed by atoms with Crippen LogP contribution < -0.4 is 56.5 Å². The van der Waals surface area contributed by atoms with Crippen LogP contribution in [0.2, 0.25) is 0 Å². The molecule has 0 aliphatic rings. The first-order valence-corrected chi connectivity index (χ1v) is 7.92. The number of carboxylic acids is 1. The SMILES string of the molecule is CCCCCC=CCC=CCC=CCCCCC(=O)[O-].[K+]. The molecule has 2 nitrogen and oxygen atoms in total. The van der Waals surface area contributed by atoms with E-state index in [0.717, 1.165) is 25.7 Å². The Labute approximate surface area is 173 Å². The first-order valence-electron chi connectivity index (χ1n) is 7.92. The Kier molecular flexibility index (Phi) is 22.8. The average molecular weight is 317 g/mol. The van der Waals surface area contributed by atoms with Crippen LogP contribution in [-0.4, -0.2) is 5.97 Å². The standard InChI is InChI=1S/C18H30O2.K/c1-2-3-4-5-6-7-8-9-10-11-12-13-14-15-16-17-18(19)20;/h6-7,9-10,12-13H,2-5,8,11,14-17H2,1H3,(H,19,20);/q;+1/p-1. The van der Waals surface area contributed by atoms with Gasteiger partial charge in [0.15, 0.2) is 0 Å². The van der Waals surface area contributed by atoms with Crippen molar-refractivity contribution in [1.82, 2.24) is 0 Å². The van der Waals surface area contributed by atoms with Gasteiger partial charge in [0.05, 0.1) is 0 Å². The van der Waals surface area contributed by atoms with Crippen molar-refractivity contribution in [3.05, 3.63) is 36.5 Å². The van der Waals surface area contributed by atoms with Crippen molar-refractivity contribution in [2.45, 2.75) is 71.1 Å². The Morgan fingerprint density at radius 1 is 0.810 bits per heavy atom. The third-order valence-corrected chi connectivity index (χ3v) is 3.02. The first kappa shape index (κ1) is 23.6. The summed E-state index contributed by atoms with van der Waals surface area (Å²) in [7, 11) is 0. The number of carbonyl (C=O) groups excluding carboxylic acids is 1. The molecule has 0 aromatic carbocycles. The third-order valence-electron chi connectivity index (χ3n) is 3.02. The molecular weight excluding hydrogens is 287 g/mol. The number of aliphatic carboxylic acids is 1. The van der Waals surface area contributed by atoms with Crippen LogP contribution in [0, 0.1) is 0 Å². The van der Waals surface area contributed by atoms with E-state index in [-0.39, 0.29) is 57.8 Å². The first-order chi connectivity index (χ1) is 9.77. The largest absolute Gasteiger partial charge is 1.00 e. The molecule has 0 amide bonds. The summed E-state index contributed by atoms with van der Waals surface area (Å²) in [4.78, 5) is 10.2. The second-order valence-electron chi connectivity index (χ2n) is 5.00. The molecule has 0 radical (unpaired) electrons. The van der Waals surface area contributed by atoms with Crippen LogP contribution in [0.25, 0.3) is 0 Å². The molecule has 21 heavy (non-hydrogen) atoms. The maximum Gasteiger partial charge on any atom is 1.00 e. The molecule has 0 fully saturated rings. The molecule has 0 aliphatic carbocycles. The number of allylic oxidation sites excluding steroid dienone is 6. The molecule has 3 heteroatoms.